The zero-order valence-electron chi connectivity index (χ0n) is 22.7. The predicted octanol–water partition coefficient (Wildman–Crippen LogP) is 7.67. The van der Waals surface area contributed by atoms with E-state index in [9.17, 15) is 10.1 Å². The molecular weight excluding hydrogens is 538 g/mol. The first-order valence-electron chi connectivity index (χ1n) is 13.8. The summed E-state index contributed by atoms with van der Waals surface area (Å²) in [5, 5.41) is 14.3. The van der Waals surface area contributed by atoms with E-state index in [1.165, 1.54) is 11.3 Å². The molecule has 0 aliphatic heterocycles. The van der Waals surface area contributed by atoms with E-state index in [1.54, 1.807) is 13.2 Å². The lowest BCUT2D eigenvalue weighted by molar-refractivity contribution is 0.0690. The first-order valence-corrected chi connectivity index (χ1v) is 15.0. The number of carbonyl (C=O) groups is 1. The zero-order valence-corrected chi connectivity index (χ0v) is 24.3. The molecule has 0 saturated heterocycles. The van der Waals surface area contributed by atoms with Crippen molar-refractivity contribution in [2.45, 2.75) is 50.7 Å². The molecule has 7 heteroatoms. The molecule has 1 unspecified atom stereocenters. The minimum atomic E-state index is -0.0113. The van der Waals surface area contributed by atoms with Gasteiger partial charge in [0, 0.05) is 34.3 Å². The molecule has 1 aromatic heterocycles. The van der Waals surface area contributed by atoms with Crippen LogP contribution in [0, 0.1) is 16.7 Å². The number of nitrogens with one attached hydrogen (secondary N) is 1. The molecule has 5 nitrogen and oxygen atoms in total. The normalized spacial score (nSPS) is 21.8. The van der Waals surface area contributed by atoms with Gasteiger partial charge in [0.1, 0.15) is 10.6 Å². The molecule has 0 bridgehead atoms. The van der Waals surface area contributed by atoms with Gasteiger partial charge in [-0.2, -0.15) is 5.26 Å². The topological polar surface area (TPSA) is 65.4 Å². The number of hydrogen-bond acceptors (Lipinski definition) is 5. The number of benzene rings is 3. The van der Waals surface area contributed by atoms with Gasteiger partial charge in [0.05, 0.1) is 23.8 Å². The number of ether oxygens (including phenoxy) is 1. The maximum absolute atomic E-state index is 14.4. The monoisotopic (exact) mass is 569 g/mol. The number of amides is 1. The summed E-state index contributed by atoms with van der Waals surface area (Å²) in [6.45, 7) is 0.431. The summed E-state index contributed by atoms with van der Waals surface area (Å²) < 4.78 is 6.80. The number of halogens is 1. The van der Waals surface area contributed by atoms with Crippen molar-refractivity contribution in [1.29, 1.82) is 5.26 Å². The lowest BCUT2D eigenvalue weighted by Crippen LogP contribution is -2.38. The van der Waals surface area contributed by atoms with Crippen LogP contribution in [0.4, 0.5) is 0 Å². The third-order valence-corrected chi connectivity index (χ3v) is 10.5. The molecule has 3 aromatic carbocycles. The Kier molecular flexibility index (Phi) is 7.31. The van der Waals surface area contributed by atoms with Gasteiger partial charge in [-0.25, -0.2) is 0 Å². The highest BCUT2D eigenvalue weighted by molar-refractivity contribution is 7.21. The van der Waals surface area contributed by atoms with E-state index in [4.69, 9.17) is 16.3 Å². The van der Waals surface area contributed by atoms with Gasteiger partial charge in [0.15, 0.2) is 0 Å². The van der Waals surface area contributed by atoms with E-state index in [1.807, 2.05) is 61.6 Å². The van der Waals surface area contributed by atoms with Crippen molar-refractivity contribution in [3.05, 3.63) is 87.8 Å². The Morgan fingerprint density at radius 1 is 1.12 bits per heavy atom. The van der Waals surface area contributed by atoms with Crippen LogP contribution in [0.15, 0.2) is 66.7 Å². The third kappa shape index (κ3) is 4.88. The summed E-state index contributed by atoms with van der Waals surface area (Å²) >= 11 is 8.31. The van der Waals surface area contributed by atoms with Crippen molar-refractivity contribution in [1.82, 2.24) is 10.2 Å². The standard InChI is InChI=1S/C33H32ClN3O2S/c1-36-25-12-14-33(15-13-25)18-29(33)37(32(38)31-30(34)26-8-3-4-9-28(26)40-31)20-24-17-23(10-11-27(24)39-2)22-7-5-6-21(16-22)19-35/h3-11,16-17,25,29,36H,12-15,18,20H2,1-2H3. The van der Waals surface area contributed by atoms with Crippen LogP contribution in [0.5, 0.6) is 5.75 Å². The lowest BCUT2D eigenvalue weighted by Gasteiger charge is -2.32. The highest BCUT2D eigenvalue weighted by atomic mass is 35.5. The molecule has 2 aliphatic rings. The summed E-state index contributed by atoms with van der Waals surface area (Å²) in [6, 6.07) is 24.5. The van der Waals surface area contributed by atoms with Crippen molar-refractivity contribution in [2.24, 2.45) is 5.41 Å². The van der Waals surface area contributed by atoms with Gasteiger partial charge < -0.3 is 15.0 Å². The van der Waals surface area contributed by atoms with E-state index in [0.29, 0.717) is 28.0 Å². The van der Waals surface area contributed by atoms with Crippen molar-refractivity contribution in [2.75, 3.05) is 14.2 Å². The molecule has 2 aliphatic carbocycles. The molecule has 1 spiro atoms. The maximum atomic E-state index is 14.4. The number of thiophene rings is 1. The smallest absolute Gasteiger partial charge is 0.266 e. The summed E-state index contributed by atoms with van der Waals surface area (Å²) in [6.07, 6.45) is 5.51. The number of fused-ring (bicyclic) bond motifs is 1. The van der Waals surface area contributed by atoms with Crippen molar-refractivity contribution in [3.63, 3.8) is 0 Å². The highest BCUT2D eigenvalue weighted by Gasteiger charge is 2.58. The van der Waals surface area contributed by atoms with Crippen LogP contribution < -0.4 is 10.1 Å². The summed E-state index contributed by atoms with van der Waals surface area (Å²) in [4.78, 5) is 17.0. The SMILES string of the molecule is CNC1CCC2(CC1)CC2N(Cc1cc(-c2cccc(C#N)c2)ccc1OC)C(=O)c1sc2ccccc2c1Cl. The Bertz CT molecular complexity index is 1620. The van der Waals surface area contributed by atoms with Gasteiger partial charge in [-0.05, 0) is 86.0 Å². The van der Waals surface area contributed by atoms with Gasteiger partial charge in [-0.1, -0.05) is 48.0 Å². The van der Waals surface area contributed by atoms with Gasteiger partial charge >= 0.3 is 0 Å². The Morgan fingerprint density at radius 3 is 2.62 bits per heavy atom. The fourth-order valence-electron chi connectivity index (χ4n) is 6.42. The second-order valence-corrected chi connectivity index (χ2v) is 12.5. The summed E-state index contributed by atoms with van der Waals surface area (Å²) in [5.41, 5.74) is 3.67. The summed E-state index contributed by atoms with van der Waals surface area (Å²) in [5.74, 6) is 0.733. The van der Waals surface area contributed by atoms with Crippen molar-refractivity contribution in [3.8, 4) is 22.9 Å². The molecule has 6 rings (SSSR count). The fraction of sp³-hybridized carbons (Fsp3) is 0.333. The molecule has 2 fully saturated rings. The van der Waals surface area contributed by atoms with E-state index in [0.717, 1.165) is 64.6 Å². The molecule has 1 heterocycles. The van der Waals surface area contributed by atoms with Crippen LogP contribution in [0.3, 0.4) is 0 Å². The van der Waals surface area contributed by atoms with Gasteiger partial charge in [0.25, 0.3) is 5.91 Å². The lowest BCUT2D eigenvalue weighted by atomic mass is 9.82. The molecule has 40 heavy (non-hydrogen) atoms. The molecular formula is C33H32ClN3O2S. The van der Waals surface area contributed by atoms with Crippen molar-refractivity contribution >= 4 is 38.9 Å². The number of nitrogens with zero attached hydrogens (tertiary/aromatic N) is 2. The summed E-state index contributed by atoms with van der Waals surface area (Å²) in [7, 11) is 3.71. The minimum Gasteiger partial charge on any atom is -0.496 e. The van der Waals surface area contributed by atoms with Crippen molar-refractivity contribution < 1.29 is 9.53 Å². The third-order valence-electron chi connectivity index (χ3n) is 8.85. The van der Waals surface area contributed by atoms with Gasteiger partial charge in [-0.3, -0.25) is 4.79 Å². The Balaban J connectivity index is 1.38. The minimum absolute atomic E-state index is 0.0113. The molecule has 0 radical (unpaired) electrons. The second-order valence-electron chi connectivity index (χ2n) is 11.0. The zero-order chi connectivity index (χ0) is 27.9. The molecule has 2 saturated carbocycles. The Labute approximate surface area is 244 Å². The number of methoxy groups -OCH3 is 1. The molecule has 1 amide bonds. The van der Waals surface area contributed by atoms with Crippen LogP contribution >= 0.6 is 22.9 Å². The van der Waals surface area contributed by atoms with Crippen LogP contribution in [0.2, 0.25) is 5.02 Å². The van der Waals surface area contributed by atoms with Gasteiger partial charge in [-0.15, -0.1) is 11.3 Å². The largest absolute Gasteiger partial charge is 0.496 e. The van der Waals surface area contributed by atoms with Crippen LogP contribution in [0.25, 0.3) is 21.2 Å². The quantitative estimate of drug-likeness (QED) is 0.248. The first-order chi connectivity index (χ1) is 19.5. The predicted molar refractivity (Wildman–Crippen MR) is 162 cm³/mol. The van der Waals surface area contributed by atoms with Crippen LogP contribution in [-0.4, -0.2) is 37.0 Å². The van der Waals surface area contributed by atoms with E-state index >= 15 is 0 Å². The van der Waals surface area contributed by atoms with Gasteiger partial charge in [0.2, 0.25) is 0 Å². The van der Waals surface area contributed by atoms with Crippen LogP contribution in [-0.2, 0) is 6.54 Å². The highest BCUT2D eigenvalue weighted by Crippen LogP contribution is 2.59. The Morgan fingerprint density at radius 2 is 1.90 bits per heavy atom. The van der Waals surface area contributed by atoms with Crippen LogP contribution in [0.1, 0.15) is 52.9 Å². The fourth-order valence-corrected chi connectivity index (χ4v) is 7.89. The molecule has 1 atom stereocenters. The van der Waals surface area contributed by atoms with E-state index in [-0.39, 0.29) is 17.4 Å². The number of rotatable bonds is 7. The maximum Gasteiger partial charge on any atom is 0.266 e. The molecule has 204 valence electrons. The second kappa shape index (κ2) is 10.9. The molecule has 1 N–H and O–H groups in total. The number of carbonyl (C=O) groups excluding carboxylic acids is 1. The number of hydrogen-bond donors (Lipinski definition) is 1. The Hall–Kier alpha value is -3.37. The van der Waals surface area contributed by atoms with E-state index < -0.39 is 0 Å². The average molecular weight is 570 g/mol. The average Bonchev–Trinajstić information content (AvgIpc) is 3.58. The number of nitriles is 1. The van der Waals surface area contributed by atoms with E-state index in [2.05, 4.69) is 22.4 Å². The molecule has 4 aromatic rings. The first kappa shape index (κ1) is 26.8.